The lowest BCUT2D eigenvalue weighted by molar-refractivity contribution is -0.142. The van der Waals surface area contributed by atoms with E-state index in [9.17, 15) is 18.0 Å². The van der Waals surface area contributed by atoms with Crippen LogP contribution in [0.5, 0.6) is 0 Å². The Morgan fingerprint density at radius 2 is 1.50 bits per heavy atom. The van der Waals surface area contributed by atoms with Crippen LogP contribution in [0.2, 0.25) is 0 Å². The summed E-state index contributed by atoms with van der Waals surface area (Å²) in [5, 5.41) is 0. The molecule has 2 amide bonds. The van der Waals surface area contributed by atoms with Crippen LogP contribution in [0.4, 0.5) is 0 Å². The summed E-state index contributed by atoms with van der Waals surface area (Å²) < 4.78 is 26.1. The van der Waals surface area contributed by atoms with Crippen LogP contribution in [0.1, 0.15) is 39.0 Å². The molecule has 8 heteroatoms. The summed E-state index contributed by atoms with van der Waals surface area (Å²) in [7, 11) is -3.35. The maximum Gasteiger partial charge on any atom is 0.241 e. The van der Waals surface area contributed by atoms with Gasteiger partial charge in [-0.25, -0.2) is 8.42 Å². The average Bonchev–Trinajstić information content (AvgIpc) is 3.29. The number of rotatable bonds is 5. The zero-order valence-electron chi connectivity index (χ0n) is 14.3. The minimum atomic E-state index is -3.35. The van der Waals surface area contributed by atoms with Gasteiger partial charge in [0.25, 0.3) is 0 Å². The third kappa shape index (κ3) is 3.59. The molecule has 2 saturated heterocycles. The Bertz CT molecular complexity index is 594. The first-order valence-corrected chi connectivity index (χ1v) is 10.6. The fourth-order valence-electron chi connectivity index (χ4n) is 3.64. The molecule has 0 bridgehead atoms. The Morgan fingerprint density at radius 1 is 0.917 bits per heavy atom. The van der Waals surface area contributed by atoms with E-state index in [2.05, 4.69) is 0 Å². The van der Waals surface area contributed by atoms with Gasteiger partial charge in [-0.3, -0.25) is 9.59 Å². The number of carbonyl (C=O) groups is 2. The van der Waals surface area contributed by atoms with Crippen molar-refractivity contribution in [3.63, 3.8) is 0 Å². The highest BCUT2D eigenvalue weighted by atomic mass is 32.2. The van der Waals surface area contributed by atoms with Crippen LogP contribution in [0.25, 0.3) is 0 Å². The highest BCUT2D eigenvalue weighted by molar-refractivity contribution is 7.89. The fourth-order valence-corrected chi connectivity index (χ4v) is 5.38. The molecule has 0 spiro atoms. The molecular weight excluding hydrogens is 330 g/mol. The molecule has 1 unspecified atom stereocenters. The Hall–Kier alpha value is -1.15. The van der Waals surface area contributed by atoms with Crippen molar-refractivity contribution in [2.75, 3.05) is 38.5 Å². The van der Waals surface area contributed by atoms with Crippen molar-refractivity contribution in [1.29, 1.82) is 0 Å². The molecule has 1 atom stereocenters. The Balaban J connectivity index is 1.59. The van der Waals surface area contributed by atoms with Crippen molar-refractivity contribution in [3.8, 4) is 0 Å². The first-order valence-electron chi connectivity index (χ1n) is 9.01. The molecule has 3 fully saturated rings. The fraction of sp³-hybridized carbons (Fsp3) is 0.875. The van der Waals surface area contributed by atoms with Crippen molar-refractivity contribution in [2.24, 2.45) is 5.92 Å². The summed E-state index contributed by atoms with van der Waals surface area (Å²) in [6.45, 7) is 4.43. The Kier molecular flexibility index (Phi) is 5.15. The van der Waals surface area contributed by atoms with Gasteiger partial charge >= 0.3 is 0 Å². The molecule has 1 aliphatic carbocycles. The van der Waals surface area contributed by atoms with Gasteiger partial charge in [-0.2, -0.15) is 4.31 Å². The van der Waals surface area contributed by atoms with Gasteiger partial charge < -0.3 is 9.80 Å². The molecule has 0 aromatic carbocycles. The van der Waals surface area contributed by atoms with Gasteiger partial charge in [0.15, 0.2) is 0 Å². The molecule has 24 heavy (non-hydrogen) atoms. The van der Waals surface area contributed by atoms with E-state index in [1.165, 1.54) is 4.31 Å². The molecule has 2 aliphatic heterocycles. The second-order valence-corrected chi connectivity index (χ2v) is 9.05. The SMILES string of the molecule is CCCS(=O)(=O)N1CCCC1C(=O)N1CCN(C(=O)C2CC2)CC1. The van der Waals surface area contributed by atoms with Crippen molar-refractivity contribution < 1.29 is 18.0 Å². The van der Waals surface area contributed by atoms with Gasteiger partial charge in [0, 0.05) is 38.6 Å². The summed E-state index contributed by atoms with van der Waals surface area (Å²) in [6, 6.07) is -0.549. The molecule has 2 heterocycles. The molecule has 3 rings (SSSR count). The maximum absolute atomic E-state index is 12.8. The smallest absolute Gasteiger partial charge is 0.241 e. The van der Waals surface area contributed by atoms with Crippen molar-refractivity contribution in [3.05, 3.63) is 0 Å². The van der Waals surface area contributed by atoms with Crippen LogP contribution in [0.15, 0.2) is 0 Å². The minimum absolute atomic E-state index is 0.0919. The number of carbonyl (C=O) groups excluding carboxylic acids is 2. The standard InChI is InChI=1S/C16H27N3O4S/c1-2-12-24(22,23)19-7-3-4-14(19)16(21)18-10-8-17(9-11-18)15(20)13-5-6-13/h13-14H,2-12H2,1H3. The lowest BCUT2D eigenvalue weighted by Gasteiger charge is -2.37. The number of piperazine rings is 1. The largest absolute Gasteiger partial charge is 0.339 e. The van der Waals surface area contributed by atoms with Crippen LogP contribution >= 0.6 is 0 Å². The van der Waals surface area contributed by atoms with Crippen LogP contribution in [0.3, 0.4) is 0 Å². The highest BCUT2D eigenvalue weighted by Crippen LogP contribution is 2.31. The second-order valence-electron chi connectivity index (χ2n) is 7.01. The molecule has 0 aromatic rings. The summed E-state index contributed by atoms with van der Waals surface area (Å²) in [5.74, 6) is 0.429. The molecule has 7 nitrogen and oxygen atoms in total. The minimum Gasteiger partial charge on any atom is -0.339 e. The Labute approximate surface area is 144 Å². The molecule has 1 saturated carbocycles. The molecule has 3 aliphatic rings. The van der Waals surface area contributed by atoms with Crippen LogP contribution in [0, 0.1) is 5.92 Å². The molecule has 0 aromatic heterocycles. The normalized spacial score (nSPS) is 26.0. The number of hydrogen-bond acceptors (Lipinski definition) is 4. The van der Waals surface area contributed by atoms with E-state index in [0.29, 0.717) is 45.6 Å². The van der Waals surface area contributed by atoms with Gasteiger partial charge in [-0.1, -0.05) is 6.92 Å². The molecule has 0 radical (unpaired) electrons. The van der Waals surface area contributed by atoms with Gasteiger partial charge in [0.05, 0.1) is 5.75 Å². The molecule has 136 valence electrons. The van der Waals surface area contributed by atoms with E-state index in [4.69, 9.17) is 0 Å². The number of hydrogen-bond donors (Lipinski definition) is 0. The van der Waals surface area contributed by atoms with Gasteiger partial charge in [-0.05, 0) is 32.1 Å². The lowest BCUT2D eigenvalue weighted by atomic mass is 10.2. The monoisotopic (exact) mass is 357 g/mol. The first-order chi connectivity index (χ1) is 11.4. The summed E-state index contributed by atoms with van der Waals surface area (Å²) >= 11 is 0. The van der Waals surface area contributed by atoms with E-state index in [1.807, 2.05) is 11.8 Å². The van der Waals surface area contributed by atoms with E-state index >= 15 is 0 Å². The number of nitrogens with zero attached hydrogens (tertiary/aromatic N) is 3. The van der Waals surface area contributed by atoms with E-state index < -0.39 is 16.1 Å². The van der Waals surface area contributed by atoms with Gasteiger partial charge in [0.1, 0.15) is 6.04 Å². The topological polar surface area (TPSA) is 78.0 Å². The van der Waals surface area contributed by atoms with Crippen LogP contribution < -0.4 is 0 Å². The predicted octanol–water partition coefficient (Wildman–Crippen LogP) is 0.271. The summed E-state index contributed by atoms with van der Waals surface area (Å²) in [4.78, 5) is 28.5. The highest BCUT2D eigenvalue weighted by Gasteiger charge is 2.41. The average molecular weight is 357 g/mol. The van der Waals surface area contributed by atoms with Crippen molar-refractivity contribution in [1.82, 2.24) is 14.1 Å². The first kappa shape index (κ1) is 17.7. The lowest BCUT2D eigenvalue weighted by Crippen LogP contribution is -2.55. The third-order valence-electron chi connectivity index (χ3n) is 5.14. The number of sulfonamides is 1. The quantitative estimate of drug-likeness (QED) is 0.708. The van der Waals surface area contributed by atoms with Crippen molar-refractivity contribution in [2.45, 2.75) is 45.1 Å². The predicted molar refractivity (Wildman–Crippen MR) is 89.7 cm³/mol. The Morgan fingerprint density at radius 3 is 2.04 bits per heavy atom. The van der Waals surface area contributed by atoms with Gasteiger partial charge in [-0.15, -0.1) is 0 Å². The van der Waals surface area contributed by atoms with Crippen LogP contribution in [-0.2, 0) is 19.6 Å². The summed E-state index contributed by atoms with van der Waals surface area (Å²) in [5.41, 5.74) is 0. The van der Waals surface area contributed by atoms with Crippen LogP contribution in [-0.4, -0.2) is 78.9 Å². The van der Waals surface area contributed by atoms with E-state index in [1.54, 1.807) is 4.90 Å². The van der Waals surface area contributed by atoms with E-state index in [-0.39, 0.29) is 23.5 Å². The number of amides is 2. The summed E-state index contributed by atoms with van der Waals surface area (Å²) in [6.07, 6.45) is 3.87. The molecule has 0 N–H and O–H groups in total. The van der Waals surface area contributed by atoms with E-state index in [0.717, 1.165) is 19.3 Å². The zero-order valence-corrected chi connectivity index (χ0v) is 15.1. The second kappa shape index (κ2) is 7.00. The maximum atomic E-state index is 12.8. The van der Waals surface area contributed by atoms with Crippen molar-refractivity contribution >= 4 is 21.8 Å². The molecular formula is C16H27N3O4S. The third-order valence-corrected chi connectivity index (χ3v) is 7.21. The zero-order chi connectivity index (χ0) is 17.3. The van der Waals surface area contributed by atoms with Gasteiger partial charge in [0.2, 0.25) is 21.8 Å².